The van der Waals surface area contributed by atoms with E-state index in [1.807, 2.05) is 38.1 Å². The Bertz CT molecular complexity index is 725. The van der Waals surface area contributed by atoms with E-state index in [2.05, 4.69) is 5.32 Å². The molecule has 0 aromatic heterocycles. The number of ketones is 1. The SMILES string of the molecule is COC(=O)C1=C(C)NC2=C(C(=O)CCC2)[C@H]1c1ccc(C)cc1. The number of carbonyl (C=O) groups excluding carboxylic acids is 2. The van der Waals surface area contributed by atoms with Crippen molar-refractivity contribution >= 4 is 11.8 Å². The van der Waals surface area contributed by atoms with Crippen LogP contribution in [0.2, 0.25) is 0 Å². The third kappa shape index (κ3) is 2.69. The van der Waals surface area contributed by atoms with Crippen molar-refractivity contribution < 1.29 is 14.3 Å². The van der Waals surface area contributed by atoms with Crippen LogP contribution < -0.4 is 5.32 Å². The zero-order valence-corrected chi connectivity index (χ0v) is 13.7. The molecule has 1 aromatic rings. The second kappa shape index (κ2) is 6.03. The Kier molecular flexibility index (Phi) is 4.07. The number of dihydropyridines is 1. The first-order chi connectivity index (χ1) is 11.0. The molecule has 0 saturated heterocycles. The quantitative estimate of drug-likeness (QED) is 0.853. The summed E-state index contributed by atoms with van der Waals surface area (Å²) in [6.07, 6.45) is 2.23. The summed E-state index contributed by atoms with van der Waals surface area (Å²) in [5, 5.41) is 3.26. The molecule has 1 heterocycles. The van der Waals surface area contributed by atoms with Crippen molar-refractivity contribution in [2.24, 2.45) is 0 Å². The highest BCUT2D eigenvalue weighted by Gasteiger charge is 2.38. The number of benzene rings is 1. The molecule has 23 heavy (non-hydrogen) atoms. The molecule has 0 radical (unpaired) electrons. The van der Waals surface area contributed by atoms with Gasteiger partial charge in [0.2, 0.25) is 0 Å². The van der Waals surface area contributed by atoms with Crippen molar-refractivity contribution in [1.82, 2.24) is 5.32 Å². The molecular formula is C19H21NO3. The molecule has 0 unspecified atom stereocenters. The zero-order chi connectivity index (χ0) is 16.6. The number of hydrogen-bond donors (Lipinski definition) is 1. The van der Waals surface area contributed by atoms with Gasteiger partial charge >= 0.3 is 5.97 Å². The average Bonchev–Trinajstić information content (AvgIpc) is 2.54. The second-order valence-corrected chi connectivity index (χ2v) is 6.17. The maximum absolute atomic E-state index is 12.6. The molecule has 0 amide bonds. The predicted octanol–water partition coefficient (Wildman–Crippen LogP) is 3.14. The van der Waals surface area contributed by atoms with Crippen LogP contribution in [0.1, 0.15) is 43.2 Å². The first-order valence-corrected chi connectivity index (χ1v) is 7.92. The lowest BCUT2D eigenvalue weighted by Crippen LogP contribution is -2.34. The fraction of sp³-hybridized carbons (Fsp3) is 0.368. The normalized spacial score (nSPS) is 21.0. The summed E-state index contributed by atoms with van der Waals surface area (Å²) in [6.45, 7) is 3.89. The van der Waals surface area contributed by atoms with E-state index in [1.165, 1.54) is 7.11 Å². The molecule has 0 saturated carbocycles. The summed E-state index contributed by atoms with van der Waals surface area (Å²) in [5.41, 5.74) is 5.09. The number of methoxy groups -OCH3 is 1. The third-order valence-electron chi connectivity index (χ3n) is 4.59. The third-order valence-corrected chi connectivity index (χ3v) is 4.59. The summed E-state index contributed by atoms with van der Waals surface area (Å²) < 4.78 is 4.98. The van der Waals surface area contributed by atoms with Crippen LogP contribution in [0.5, 0.6) is 0 Å². The number of allylic oxidation sites excluding steroid dienone is 3. The molecule has 4 heteroatoms. The number of hydrogen-bond acceptors (Lipinski definition) is 4. The molecule has 4 nitrogen and oxygen atoms in total. The Morgan fingerprint density at radius 2 is 1.87 bits per heavy atom. The highest BCUT2D eigenvalue weighted by atomic mass is 16.5. The lowest BCUT2D eigenvalue weighted by Gasteiger charge is -2.34. The number of carbonyl (C=O) groups is 2. The Morgan fingerprint density at radius 1 is 1.17 bits per heavy atom. The zero-order valence-electron chi connectivity index (χ0n) is 13.7. The van der Waals surface area contributed by atoms with Crippen LogP contribution in [0.3, 0.4) is 0 Å². The molecule has 1 aliphatic heterocycles. The van der Waals surface area contributed by atoms with Crippen molar-refractivity contribution in [1.29, 1.82) is 0 Å². The van der Waals surface area contributed by atoms with Crippen LogP contribution >= 0.6 is 0 Å². The van der Waals surface area contributed by atoms with E-state index < -0.39 is 0 Å². The highest BCUT2D eigenvalue weighted by molar-refractivity contribution is 6.03. The van der Waals surface area contributed by atoms with Gasteiger partial charge in [0.15, 0.2) is 5.78 Å². The van der Waals surface area contributed by atoms with Gasteiger partial charge in [0.05, 0.1) is 12.7 Å². The molecule has 1 atom stereocenters. The molecule has 1 aliphatic carbocycles. The van der Waals surface area contributed by atoms with E-state index in [-0.39, 0.29) is 17.7 Å². The van der Waals surface area contributed by atoms with Crippen LogP contribution in [-0.2, 0) is 14.3 Å². The first kappa shape index (κ1) is 15.5. The maximum atomic E-state index is 12.6. The number of rotatable bonds is 2. The fourth-order valence-electron chi connectivity index (χ4n) is 3.46. The van der Waals surface area contributed by atoms with Gasteiger partial charge in [-0.1, -0.05) is 29.8 Å². The summed E-state index contributed by atoms with van der Waals surface area (Å²) >= 11 is 0. The Hall–Kier alpha value is -2.36. The van der Waals surface area contributed by atoms with Gasteiger partial charge in [-0.05, 0) is 32.3 Å². The van der Waals surface area contributed by atoms with Crippen LogP contribution in [0.4, 0.5) is 0 Å². The van der Waals surface area contributed by atoms with Gasteiger partial charge in [0.25, 0.3) is 0 Å². The minimum Gasteiger partial charge on any atom is -0.466 e. The Labute approximate surface area is 136 Å². The summed E-state index contributed by atoms with van der Waals surface area (Å²) in [4.78, 5) is 24.9. The maximum Gasteiger partial charge on any atom is 0.336 e. The van der Waals surface area contributed by atoms with Crippen LogP contribution in [-0.4, -0.2) is 18.9 Å². The van der Waals surface area contributed by atoms with E-state index in [0.717, 1.165) is 40.9 Å². The largest absolute Gasteiger partial charge is 0.466 e. The number of aryl methyl sites for hydroxylation is 1. The summed E-state index contributed by atoms with van der Waals surface area (Å²) in [7, 11) is 1.38. The molecule has 0 spiro atoms. The first-order valence-electron chi connectivity index (χ1n) is 7.92. The van der Waals surface area contributed by atoms with Crippen molar-refractivity contribution in [3.63, 3.8) is 0 Å². The van der Waals surface area contributed by atoms with Gasteiger partial charge in [-0.25, -0.2) is 4.79 Å². The van der Waals surface area contributed by atoms with E-state index >= 15 is 0 Å². The van der Waals surface area contributed by atoms with Crippen LogP contribution in [0.15, 0.2) is 46.8 Å². The average molecular weight is 311 g/mol. The van der Waals surface area contributed by atoms with Crippen LogP contribution in [0.25, 0.3) is 0 Å². The summed E-state index contributed by atoms with van der Waals surface area (Å²) in [5.74, 6) is -0.601. The minimum atomic E-state index is -0.384. The fourth-order valence-corrected chi connectivity index (χ4v) is 3.46. The minimum absolute atomic E-state index is 0.123. The smallest absolute Gasteiger partial charge is 0.336 e. The van der Waals surface area contributed by atoms with Crippen molar-refractivity contribution in [3.8, 4) is 0 Å². The number of ether oxygens (including phenoxy) is 1. The topological polar surface area (TPSA) is 55.4 Å². The lowest BCUT2D eigenvalue weighted by molar-refractivity contribution is -0.136. The molecule has 1 aromatic carbocycles. The van der Waals surface area contributed by atoms with Gasteiger partial charge < -0.3 is 10.1 Å². The van der Waals surface area contributed by atoms with Gasteiger partial charge in [-0.2, -0.15) is 0 Å². The second-order valence-electron chi connectivity index (χ2n) is 6.17. The number of esters is 1. The number of nitrogens with one attached hydrogen (secondary N) is 1. The van der Waals surface area contributed by atoms with Gasteiger partial charge in [-0.3, -0.25) is 4.79 Å². The highest BCUT2D eigenvalue weighted by Crippen LogP contribution is 2.42. The molecule has 0 bridgehead atoms. The predicted molar refractivity (Wildman–Crippen MR) is 87.7 cm³/mol. The van der Waals surface area contributed by atoms with E-state index in [4.69, 9.17) is 4.74 Å². The molecule has 0 fully saturated rings. The monoisotopic (exact) mass is 311 g/mol. The van der Waals surface area contributed by atoms with Crippen LogP contribution in [0, 0.1) is 6.92 Å². The molecule has 3 rings (SSSR count). The van der Waals surface area contributed by atoms with Gasteiger partial charge in [0, 0.05) is 29.3 Å². The number of Topliss-reactive ketones (excluding diaryl/α,β-unsaturated/α-hetero) is 1. The van der Waals surface area contributed by atoms with Gasteiger partial charge in [-0.15, -0.1) is 0 Å². The molecular weight excluding hydrogens is 290 g/mol. The Balaban J connectivity index is 2.18. The molecule has 2 aliphatic rings. The van der Waals surface area contributed by atoms with E-state index in [1.54, 1.807) is 0 Å². The van der Waals surface area contributed by atoms with E-state index in [0.29, 0.717) is 12.0 Å². The summed E-state index contributed by atoms with van der Waals surface area (Å²) in [6, 6.07) is 8.01. The van der Waals surface area contributed by atoms with Crippen molar-refractivity contribution in [2.75, 3.05) is 7.11 Å². The van der Waals surface area contributed by atoms with Crippen molar-refractivity contribution in [2.45, 2.75) is 39.0 Å². The molecule has 1 N–H and O–H groups in total. The molecule has 120 valence electrons. The van der Waals surface area contributed by atoms with Crippen molar-refractivity contribution in [3.05, 3.63) is 57.9 Å². The van der Waals surface area contributed by atoms with Gasteiger partial charge in [0.1, 0.15) is 0 Å². The standard InChI is InChI=1S/C19H21NO3/c1-11-7-9-13(10-8-11)17-16(19(22)23-3)12(2)20-14-5-4-6-15(21)18(14)17/h7-10,17,20H,4-6H2,1-3H3/t17-/m0/s1. The Morgan fingerprint density at radius 3 is 2.52 bits per heavy atom. The lowest BCUT2D eigenvalue weighted by atomic mass is 9.75. The van der Waals surface area contributed by atoms with E-state index in [9.17, 15) is 9.59 Å².